The largest absolute Gasteiger partial charge is 0.481 e. The maximum atomic E-state index is 11.0. The van der Waals surface area contributed by atoms with Crippen molar-refractivity contribution in [2.24, 2.45) is 0 Å². The predicted molar refractivity (Wildman–Crippen MR) is 108 cm³/mol. The predicted octanol–water partition coefficient (Wildman–Crippen LogP) is 5.14. The van der Waals surface area contributed by atoms with Gasteiger partial charge in [0.25, 0.3) is 0 Å². The Kier molecular flexibility index (Phi) is 6.78. The Labute approximate surface area is 160 Å². The molecule has 0 radical (unpaired) electrons. The normalized spacial score (nSPS) is 11.0. The van der Waals surface area contributed by atoms with Crippen LogP contribution in [0.2, 0.25) is 0 Å². The average Bonchev–Trinajstić information content (AvgIpc) is 2.70. The monoisotopic (exact) mass is 359 g/mol. The summed E-state index contributed by atoms with van der Waals surface area (Å²) in [6, 6.07) is 31.3. The molecule has 3 nitrogen and oxygen atoms in total. The number of hydrogen-bond acceptors (Lipinski definition) is 2. The molecule has 0 amide bonds. The first-order chi connectivity index (χ1) is 13.2. The third-order valence-corrected chi connectivity index (χ3v) is 4.66. The standard InChI is InChI=1S/C24H25NO2/c26-23(27)17-10-18-25(19-20-11-4-1-5-12-20)24(21-13-6-2-7-14-21)22-15-8-3-9-16-22/h1-9,11-16,24H,10,17-19H2,(H,26,27). The van der Waals surface area contributed by atoms with Gasteiger partial charge < -0.3 is 5.11 Å². The lowest BCUT2D eigenvalue weighted by molar-refractivity contribution is -0.137. The van der Waals surface area contributed by atoms with Gasteiger partial charge in [-0.25, -0.2) is 0 Å². The van der Waals surface area contributed by atoms with E-state index in [1.54, 1.807) is 0 Å². The summed E-state index contributed by atoms with van der Waals surface area (Å²) in [5.74, 6) is -0.745. The van der Waals surface area contributed by atoms with Gasteiger partial charge in [-0.2, -0.15) is 0 Å². The molecule has 0 fully saturated rings. The van der Waals surface area contributed by atoms with Crippen molar-refractivity contribution in [2.45, 2.75) is 25.4 Å². The fourth-order valence-corrected chi connectivity index (χ4v) is 3.44. The Morgan fingerprint density at radius 1 is 0.778 bits per heavy atom. The number of hydrogen-bond donors (Lipinski definition) is 1. The summed E-state index contributed by atoms with van der Waals surface area (Å²) in [5.41, 5.74) is 3.66. The second-order valence-corrected chi connectivity index (χ2v) is 6.68. The molecule has 3 heteroatoms. The highest BCUT2D eigenvalue weighted by Gasteiger charge is 2.22. The van der Waals surface area contributed by atoms with E-state index in [0.29, 0.717) is 6.42 Å². The van der Waals surface area contributed by atoms with Crippen LogP contribution in [-0.4, -0.2) is 22.5 Å². The Morgan fingerprint density at radius 3 is 1.74 bits per heavy atom. The molecule has 3 aromatic rings. The lowest BCUT2D eigenvalue weighted by atomic mass is 9.96. The van der Waals surface area contributed by atoms with Crippen molar-refractivity contribution in [2.75, 3.05) is 6.54 Å². The highest BCUT2D eigenvalue weighted by atomic mass is 16.4. The number of rotatable bonds is 9. The molecule has 0 aliphatic rings. The van der Waals surface area contributed by atoms with Crippen molar-refractivity contribution >= 4 is 5.97 Å². The highest BCUT2D eigenvalue weighted by Crippen LogP contribution is 2.30. The molecule has 0 aromatic heterocycles. The van der Waals surface area contributed by atoms with E-state index in [1.165, 1.54) is 16.7 Å². The fraction of sp³-hybridized carbons (Fsp3) is 0.208. The van der Waals surface area contributed by atoms with Gasteiger partial charge in [-0.1, -0.05) is 91.0 Å². The molecule has 138 valence electrons. The van der Waals surface area contributed by atoms with E-state index in [-0.39, 0.29) is 12.5 Å². The van der Waals surface area contributed by atoms with E-state index in [4.69, 9.17) is 5.11 Å². The maximum absolute atomic E-state index is 11.0. The molecule has 3 aromatic carbocycles. The van der Waals surface area contributed by atoms with Crippen molar-refractivity contribution in [1.82, 2.24) is 4.90 Å². The Morgan fingerprint density at radius 2 is 1.26 bits per heavy atom. The second-order valence-electron chi connectivity index (χ2n) is 6.68. The number of carbonyl (C=O) groups is 1. The minimum Gasteiger partial charge on any atom is -0.481 e. The van der Waals surface area contributed by atoms with Gasteiger partial charge in [-0.3, -0.25) is 9.69 Å². The molecule has 0 saturated heterocycles. The van der Waals surface area contributed by atoms with Gasteiger partial charge in [-0.05, 0) is 29.7 Å². The van der Waals surface area contributed by atoms with Crippen LogP contribution in [0.3, 0.4) is 0 Å². The van der Waals surface area contributed by atoms with Crippen molar-refractivity contribution in [3.05, 3.63) is 108 Å². The van der Waals surface area contributed by atoms with Gasteiger partial charge in [0.2, 0.25) is 0 Å². The van der Waals surface area contributed by atoms with Gasteiger partial charge in [0.15, 0.2) is 0 Å². The van der Waals surface area contributed by atoms with E-state index >= 15 is 0 Å². The van der Waals surface area contributed by atoms with Crippen LogP contribution in [0.5, 0.6) is 0 Å². The Bertz CT molecular complexity index is 779. The molecule has 3 rings (SSSR count). The molecule has 0 aliphatic carbocycles. The zero-order valence-corrected chi connectivity index (χ0v) is 15.4. The van der Waals surface area contributed by atoms with Gasteiger partial charge in [-0.15, -0.1) is 0 Å². The van der Waals surface area contributed by atoms with Gasteiger partial charge >= 0.3 is 5.97 Å². The van der Waals surface area contributed by atoms with Crippen LogP contribution in [0, 0.1) is 0 Å². The van der Waals surface area contributed by atoms with Crippen LogP contribution in [0.4, 0.5) is 0 Å². The third kappa shape index (κ3) is 5.53. The zero-order valence-electron chi connectivity index (χ0n) is 15.4. The minimum atomic E-state index is -0.745. The smallest absolute Gasteiger partial charge is 0.303 e. The molecule has 0 bridgehead atoms. The first kappa shape index (κ1) is 18.9. The first-order valence-electron chi connectivity index (χ1n) is 9.33. The summed E-state index contributed by atoms with van der Waals surface area (Å²) in [4.78, 5) is 13.4. The highest BCUT2D eigenvalue weighted by molar-refractivity contribution is 5.66. The lowest BCUT2D eigenvalue weighted by Gasteiger charge is -2.33. The van der Waals surface area contributed by atoms with Crippen molar-refractivity contribution in [3.63, 3.8) is 0 Å². The third-order valence-electron chi connectivity index (χ3n) is 4.66. The molecule has 0 aliphatic heterocycles. The summed E-state index contributed by atoms with van der Waals surface area (Å²) < 4.78 is 0. The summed E-state index contributed by atoms with van der Waals surface area (Å²) >= 11 is 0. The lowest BCUT2D eigenvalue weighted by Crippen LogP contribution is -2.30. The van der Waals surface area contributed by atoms with Gasteiger partial charge in [0, 0.05) is 13.0 Å². The van der Waals surface area contributed by atoms with Crippen LogP contribution in [0.1, 0.15) is 35.6 Å². The molecule has 0 heterocycles. The summed E-state index contributed by atoms with van der Waals surface area (Å²) in [6.45, 7) is 1.49. The van der Waals surface area contributed by atoms with Crippen LogP contribution >= 0.6 is 0 Å². The number of carboxylic acid groups (broad SMARTS) is 1. The molecule has 1 N–H and O–H groups in total. The summed E-state index contributed by atoms with van der Waals surface area (Å²) in [6.07, 6.45) is 0.805. The number of aliphatic carboxylic acids is 1. The summed E-state index contributed by atoms with van der Waals surface area (Å²) in [7, 11) is 0. The number of nitrogens with zero attached hydrogens (tertiary/aromatic N) is 1. The van der Waals surface area contributed by atoms with Crippen LogP contribution in [0.25, 0.3) is 0 Å². The minimum absolute atomic E-state index is 0.0846. The van der Waals surface area contributed by atoms with E-state index in [9.17, 15) is 4.79 Å². The van der Waals surface area contributed by atoms with E-state index < -0.39 is 5.97 Å². The van der Waals surface area contributed by atoms with Crippen LogP contribution in [0.15, 0.2) is 91.0 Å². The molecule has 0 unspecified atom stereocenters. The van der Waals surface area contributed by atoms with Gasteiger partial charge in [0.05, 0.1) is 6.04 Å². The van der Waals surface area contributed by atoms with Crippen molar-refractivity contribution in [3.8, 4) is 0 Å². The van der Waals surface area contributed by atoms with Crippen LogP contribution < -0.4 is 0 Å². The first-order valence-corrected chi connectivity index (χ1v) is 9.33. The quantitative estimate of drug-likeness (QED) is 0.575. The number of carboxylic acids is 1. The van der Waals surface area contributed by atoms with Gasteiger partial charge in [0.1, 0.15) is 0 Å². The molecular weight excluding hydrogens is 334 g/mol. The molecular formula is C24H25NO2. The van der Waals surface area contributed by atoms with Crippen molar-refractivity contribution < 1.29 is 9.90 Å². The zero-order chi connectivity index (χ0) is 18.9. The van der Waals surface area contributed by atoms with E-state index in [1.807, 2.05) is 30.3 Å². The second kappa shape index (κ2) is 9.70. The van der Waals surface area contributed by atoms with E-state index in [0.717, 1.165) is 13.1 Å². The Hall–Kier alpha value is -2.91. The van der Waals surface area contributed by atoms with Crippen LogP contribution in [-0.2, 0) is 11.3 Å². The molecule has 0 spiro atoms. The van der Waals surface area contributed by atoms with E-state index in [2.05, 4.69) is 65.6 Å². The maximum Gasteiger partial charge on any atom is 0.303 e. The molecule has 27 heavy (non-hydrogen) atoms. The average molecular weight is 359 g/mol. The van der Waals surface area contributed by atoms with Crippen molar-refractivity contribution in [1.29, 1.82) is 0 Å². The Balaban J connectivity index is 1.94. The topological polar surface area (TPSA) is 40.5 Å². The molecule has 0 atom stereocenters. The SMILES string of the molecule is O=C(O)CCCN(Cc1ccccc1)C(c1ccccc1)c1ccccc1. The fourth-order valence-electron chi connectivity index (χ4n) is 3.44. The summed E-state index contributed by atoms with van der Waals surface area (Å²) in [5, 5.41) is 9.07. The molecule has 0 saturated carbocycles. The number of benzene rings is 3.